The molecule has 1 aromatic carbocycles. The lowest BCUT2D eigenvalue weighted by Gasteiger charge is -2.30. The fraction of sp³-hybridized carbons (Fsp3) is 0.562. The molecule has 24 heavy (non-hydrogen) atoms. The van der Waals surface area contributed by atoms with Crippen LogP contribution < -0.4 is 15.5 Å². The zero-order valence-corrected chi connectivity index (χ0v) is 16.5. The van der Waals surface area contributed by atoms with Gasteiger partial charge in [-0.05, 0) is 25.0 Å². The number of aromatic nitrogens is 2. The summed E-state index contributed by atoms with van der Waals surface area (Å²) in [4.78, 5) is 10.3. The predicted molar refractivity (Wildman–Crippen MR) is 109 cm³/mol. The van der Waals surface area contributed by atoms with E-state index in [2.05, 4.69) is 45.4 Å². The number of imidazole rings is 1. The van der Waals surface area contributed by atoms with Crippen molar-refractivity contribution in [3.05, 3.63) is 17.2 Å². The molecular weight excluding hydrogens is 369 g/mol. The van der Waals surface area contributed by atoms with E-state index in [0.29, 0.717) is 6.04 Å². The van der Waals surface area contributed by atoms with Gasteiger partial charge < -0.3 is 20.5 Å². The van der Waals surface area contributed by atoms with Crippen LogP contribution in [-0.4, -0.2) is 42.2 Å². The molecule has 1 saturated heterocycles. The van der Waals surface area contributed by atoms with Crippen molar-refractivity contribution in [2.75, 3.05) is 36.4 Å². The molecule has 3 N–H and O–H groups in total. The standard InChI is InChI=1S/C16H24ClN5.2ClH/c1-3-11(4-2)19-16-20-13-9-12(17)15(10-14(13)21-16)22-7-5-18-6-8-22;;/h9-11,18H,3-8H2,1-2H3,(H2,19,20,21);2*1H. The van der Waals surface area contributed by atoms with Gasteiger partial charge in [-0.1, -0.05) is 25.4 Å². The predicted octanol–water partition coefficient (Wildman–Crippen LogP) is 4.07. The van der Waals surface area contributed by atoms with Crippen molar-refractivity contribution in [3.8, 4) is 0 Å². The van der Waals surface area contributed by atoms with E-state index >= 15 is 0 Å². The molecule has 1 aliphatic rings. The van der Waals surface area contributed by atoms with E-state index in [1.54, 1.807) is 0 Å². The van der Waals surface area contributed by atoms with Crippen LogP contribution in [0.15, 0.2) is 12.1 Å². The summed E-state index contributed by atoms with van der Waals surface area (Å²) in [5.74, 6) is 0.831. The molecule has 136 valence electrons. The average molecular weight is 395 g/mol. The first-order valence-electron chi connectivity index (χ1n) is 8.12. The summed E-state index contributed by atoms with van der Waals surface area (Å²) in [6.45, 7) is 8.33. The third-order valence-electron chi connectivity index (χ3n) is 4.33. The topological polar surface area (TPSA) is 56.0 Å². The molecule has 8 heteroatoms. The van der Waals surface area contributed by atoms with Crippen molar-refractivity contribution in [2.24, 2.45) is 0 Å². The van der Waals surface area contributed by atoms with Gasteiger partial charge in [0.05, 0.1) is 21.7 Å². The monoisotopic (exact) mass is 393 g/mol. The number of anilines is 2. The Morgan fingerprint density at radius 1 is 1.21 bits per heavy atom. The van der Waals surface area contributed by atoms with Gasteiger partial charge in [0.1, 0.15) is 0 Å². The molecule has 1 aromatic heterocycles. The number of piperazine rings is 1. The van der Waals surface area contributed by atoms with Crippen LogP contribution in [0.4, 0.5) is 11.6 Å². The van der Waals surface area contributed by atoms with Crippen LogP contribution >= 0.6 is 36.4 Å². The van der Waals surface area contributed by atoms with Crippen molar-refractivity contribution >= 4 is 59.1 Å². The number of fused-ring (bicyclic) bond motifs is 1. The summed E-state index contributed by atoms with van der Waals surface area (Å²) in [5, 5.41) is 7.59. The van der Waals surface area contributed by atoms with Crippen LogP contribution in [0.1, 0.15) is 26.7 Å². The maximum atomic E-state index is 6.47. The second kappa shape index (κ2) is 9.56. The zero-order chi connectivity index (χ0) is 15.5. The van der Waals surface area contributed by atoms with Gasteiger partial charge in [-0.15, -0.1) is 24.8 Å². The highest BCUT2D eigenvalue weighted by Crippen LogP contribution is 2.31. The van der Waals surface area contributed by atoms with Crippen LogP contribution in [0.2, 0.25) is 5.02 Å². The maximum Gasteiger partial charge on any atom is 0.201 e. The van der Waals surface area contributed by atoms with E-state index in [0.717, 1.165) is 66.7 Å². The number of hydrogen-bond donors (Lipinski definition) is 3. The highest BCUT2D eigenvalue weighted by molar-refractivity contribution is 6.34. The summed E-state index contributed by atoms with van der Waals surface area (Å²) in [7, 11) is 0. The third kappa shape index (κ3) is 4.60. The first kappa shape index (κ1) is 21.2. The zero-order valence-electron chi connectivity index (χ0n) is 14.1. The summed E-state index contributed by atoms with van der Waals surface area (Å²) in [6.07, 6.45) is 2.17. The summed E-state index contributed by atoms with van der Waals surface area (Å²) in [5.41, 5.74) is 3.04. The number of H-pyrrole nitrogens is 1. The lowest BCUT2D eigenvalue weighted by Crippen LogP contribution is -2.43. The number of hydrogen-bond acceptors (Lipinski definition) is 4. The van der Waals surface area contributed by atoms with Gasteiger partial charge in [-0.25, -0.2) is 4.98 Å². The minimum atomic E-state index is 0. The first-order chi connectivity index (χ1) is 10.7. The Balaban J connectivity index is 0.00000144. The number of aromatic amines is 1. The van der Waals surface area contributed by atoms with Gasteiger partial charge in [-0.2, -0.15) is 0 Å². The number of nitrogens with one attached hydrogen (secondary N) is 3. The summed E-state index contributed by atoms with van der Waals surface area (Å²) in [6, 6.07) is 4.53. The molecule has 0 saturated carbocycles. The summed E-state index contributed by atoms with van der Waals surface area (Å²) >= 11 is 6.47. The normalized spacial score (nSPS) is 14.4. The van der Waals surface area contributed by atoms with Crippen molar-refractivity contribution in [2.45, 2.75) is 32.7 Å². The molecule has 3 rings (SSSR count). The Morgan fingerprint density at radius 3 is 2.50 bits per heavy atom. The highest BCUT2D eigenvalue weighted by Gasteiger charge is 2.16. The van der Waals surface area contributed by atoms with Crippen LogP contribution in [-0.2, 0) is 0 Å². The van der Waals surface area contributed by atoms with E-state index in [4.69, 9.17) is 11.6 Å². The van der Waals surface area contributed by atoms with Crippen molar-refractivity contribution in [3.63, 3.8) is 0 Å². The van der Waals surface area contributed by atoms with Gasteiger partial charge in [-0.3, -0.25) is 0 Å². The first-order valence-corrected chi connectivity index (χ1v) is 8.50. The number of rotatable bonds is 5. The van der Waals surface area contributed by atoms with Crippen molar-refractivity contribution < 1.29 is 0 Å². The molecule has 0 radical (unpaired) electrons. The van der Waals surface area contributed by atoms with E-state index in [-0.39, 0.29) is 24.8 Å². The number of benzene rings is 1. The van der Waals surface area contributed by atoms with Crippen LogP contribution in [0.25, 0.3) is 11.0 Å². The molecular formula is C16H26Cl3N5. The Labute approximate surface area is 160 Å². The van der Waals surface area contributed by atoms with Crippen molar-refractivity contribution in [1.82, 2.24) is 15.3 Å². The van der Waals surface area contributed by atoms with E-state index in [1.165, 1.54) is 0 Å². The molecule has 0 spiro atoms. The van der Waals surface area contributed by atoms with E-state index < -0.39 is 0 Å². The number of nitrogens with zero attached hydrogens (tertiary/aromatic N) is 2. The molecule has 1 aliphatic heterocycles. The van der Waals surface area contributed by atoms with Crippen LogP contribution in [0, 0.1) is 0 Å². The van der Waals surface area contributed by atoms with Gasteiger partial charge in [0, 0.05) is 32.2 Å². The lowest BCUT2D eigenvalue weighted by molar-refractivity contribution is 0.589. The van der Waals surface area contributed by atoms with Gasteiger partial charge in [0.15, 0.2) is 0 Å². The Hall–Kier alpha value is -0.880. The van der Waals surface area contributed by atoms with Gasteiger partial charge in [0.2, 0.25) is 5.95 Å². The molecule has 2 heterocycles. The molecule has 0 amide bonds. The maximum absolute atomic E-state index is 6.47. The Bertz CT molecular complexity index is 636. The second-order valence-corrected chi connectivity index (χ2v) is 6.21. The fourth-order valence-corrected chi connectivity index (χ4v) is 3.20. The SMILES string of the molecule is CCC(CC)Nc1nc2cc(Cl)c(N3CCNCC3)cc2[nH]1.Cl.Cl. The van der Waals surface area contributed by atoms with E-state index in [9.17, 15) is 0 Å². The third-order valence-corrected chi connectivity index (χ3v) is 4.64. The quantitative estimate of drug-likeness (QED) is 0.715. The van der Waals surface area contributed by atoms with Gasteiger partial charge >= 0.3 is 0 Å². The van der Waals surface area contributed by atoms with Crippen LogP contribution in [0.3, 0.4) is 0 Å². The summed E-state index contributed by atoms with van der Waals surface area (Å²) < 4.78 is 0. The fourth-order valence-electron chi connectivity index (χ4n) is 2.92. The lowest BCUT2D eigenvalue weighted by atomic mass is 10.2. The molecule has 0 atom stereocenters. The molecule has 5 nitrogen and oxygen atoms in total. The highest BCUT2D eigenvalue weighted by atomic mass is 35.5. The van der Waals surface area contributed by atoms with Crippen LogP contribution in [0.5, 0.6) is 0 Å². The molecule has 0 unspecified atom stereocenters. The number of halogens is 3. The minimum absolute atomic E-state index is 0. The second-order valence-electron chi connectivity index (χ2n) is 5.80. The minimum Gasteiger partial charge on any atom is -0.368 e. The Morgan fingerprint density at radius 2 is 1.88 bits per heavy atom. The average Bonchev–Trinajstić information content (AvgIpc) is 2.93. The largest absolute Gasteiger partial charge is 0.368 e. The van der Waals surface area contributed by atoms with Crippen molar-refractivity contribution in [1.29, 1.82) is 0 Å². The van der Waals surface area contributed by atoms with Gasteiger partial charge in [0.25, 0.3) is 0 Å². The molecule has 0 bridgehead atoms. The molecule has 0 aliphatic carbocycles. The Kier molecular flexibility index (Phi) is 8.43. The molecule has 1 fully saturated rings. The molecule has 2 aromatic rings. The van der Waals surface area contributed by atoms with E-state index in [1.807, 2.05) is 6.07 Å². The smallest absolute Gasteiger partial charge is 0.201 e.